The number of halogens is 3. The van der Waals surface area contributed by atoms with E-state index in [9.17, 15) is 14.9 Å². The van der Waals surface area contributed by atoms with E-state index >= 15 is 0 Å². The molecule has 0 aromatic heterocycles. The number of hydrogen-bond acceptors (Lipinski definition) is 3. The van der Waals surface area contributed by atoms with Crippen LogP contribution >= 0.6 is 34.8 Å². The van der Waals surface area contributed by atoms with Crippen molar-refractivity contribution in [2.45, 2.75) is 0 Å². The molecule has 0 unspecified atom stereocenters. The van der Waals surface area contributed by atoms with E-state index in [2.05, 4.69) is 0 Å². The van der Waals surface area contributed by atoms with Gasteiger partial charge in [-0.15, -0.1) is 0 Å². The molecular weight excluding hydrogens is 252 g/mol. The predicted molar refractivity (Wildman–Crippen MR) is 53.3 cm³/mol. The summed E-state index contributed by atoms with van der Waals surface area (Å²) in [5.41, 5.74) is -0.615. The fraction of sp³-hybridized carbons (Fsp3) is 0. The molecule has 0 N–H and O–H groups in total. The summed E-state index contributed by atoms with van der Waals surface area (Å²) in [6.45, 7) is 0. The molecular formula is C7H2Cl3NO3. The zero-order valence-corrected chi connectivity index (χ0v) is 8.73. The van der Waals surface area contributed by atoms with Crippen molar-refractivity contribution in [3.63, 3.8) is 0 Å². The topological polar surface area (TPSA) is 60.2 Å². The van der Waals surface area contributed by atoms with E-state index in [4.69, 9.17) is 34.8 Å². The largest absolute Gasteiger partial charge is 0.290 e. The van der Waals surface area contributed by atoms with E-state index < -0.39 is 15.9 Å². The second-order valence-corrected chi connectivity index (χ2v) is 3.47. The highest BCUT2D eigenvalue weighted by Crippen LogP contribution is 2.32. The highest BCUT2D eigenvalue weighted by atomic mass is 35.5. The van der Waals surface area contributed by atoms with Crippen LogP contribution in [0.25, 0.3) is 0 Å². The predicted octanol–water partition coefficient (Wildman–Crippen LogP) is 3.28. The number of nitro groups is 1. The third-order valence-corrected chi connectivity index (χ3v) is 2.25. The van der Waals surface area contributed by atoms with Crippen LogP contribution in [0, 0.1) is 10.1 Å². The molecule has 0 aliphatic rings. The maximum Gasteiger partial charge on any atom is 0.290 e. The molecule has 0 aliphatic heterocycles. The molecule has 4 nitrogen and oxygen atoms in total. The number of nitro benzene ring substituents is 1. The summed E-state index contributed by atoms with van der Waals surface area (Å²) in [6, 6.07) is 2.22. The SMILES string of the molecule is O=C(Cl)c1cc(Cl)cc([N+](=O)[O-])c1Cl. The zero-order chi connectivity index (χ0) is 10.9. The molecule has 1 aromatic rings. The Morgan fingerprint density at radius 3 is 2.36 bits per heavy atom. The average Bonchev–Trinajstić information content (AvgIpc) is 2.07. The van der Waals surface area contributed by atoms with Crippen molar-refractivity contribution in [3.8, 4) is 0 Å². The molecule has 0 aliphatic carbocycles. The zero-order valence-electron chi connectivity index (χ0n) is 6.46. The second kappa shape index (κ2) is 4.13. The number of rotatable bonds is 2. The number of benzene rings is 1. The lowest BCUT2D eigenvalue weighted by molar-refractivity contribution is -0.384. The molecule has 1 aromatic carbocycles. The van der Waals surface area contributed by atoms with Crippen molar-refractivity contribution in [1.29, 1.82) is 0 Å². The minimum atomic E-state index is -0.888. The molecule has 0 atom stereocenters. The van der Waals surface area contributed by atoms with Crippen molar-refractivity contribution in [3.05, 3.63) is 37.9 Å². The van der Waals surface area contributed by atoms with E-state index in [-0.39, 0.29) is 15.6 Å². The van der Waals surface area contributed by atoms with Crippen LogP contribution in [0.5, 0.6) is 0 Å². The summed E-state index contributed by atoms with van der Waals surface area (Å²) < 4.78 is 0. The van der Waals surface area contributed by atoms with E-state index in [1.165, 1.54) is 6.07 Å². The number of carbonyl (C=O) groups excluding carboxylic acids is 1. The Hall–Kier alpha value is -0.840. The minimum Gasteiger partial charge on any atom is -0.276 e. The van der Waals surface area contributed by atoms with Gasteiger partial charge >= 0.3 is 0 Å². The average molecular weight is 254 g/mol. The molecule has 14 heavy (non-hydrogen) atoms. The van der Waals surface area contributed by atoms with Gasteiger partial charge in [-0.2, -0.15) is 0 Å². The molecule has 0 fully saturated rings. The molecule has 7 heteroatoms. The van der Waals surface area contributed by atoms with Crippen LogP contribution in [-0.2, 0) is 0 Å². The first-order valence-electron chi connectivity index (χ1n) is 3.26. The number of nitrogens with zero attached hydrogens (tertiary/aromatic N) is 1. The van der Waals surface area contributed by atoms with Crippen molar-refractivity contribution >= 4 is 45.7 Å². The van der Waals surface area contributed by atoms with Gasteiger partial charge in [0.25, 0.3) is 10.9 Å². The van der Waals surface area contributed by atoms with Crippen LogP contribution in [0.4, 0.5) is 5.69 Å². The van der Waals surface area contributed by atoms with Gasteiger partial charge in [0.1, 0.15) is 5.02 Å². The van der Waals surface area contributed by atoms with E-state index in [1.807, 2.05) is 0 Å². The lowest BCUT2D eigenvalue weighted by Crippen LogP contribution is -1.96. The van der Waals surface area contributed by atoms with Gasteiger partial charge in [0, 0.05) is 11.1 Å². The standard InChI is InChI=1S/C7H2Cl3NO3/c8-3-1-4(7(10)12)6(9)5(2-3)11(13)14/h1-2H. The molecule has 1 rings (SSSR count). The summed E-state index contributed by atoms with van der Waals surface area (Å²) in [7, 11) is 0. The Bertz CT molecular complexity index is 384. The van der Waals surface area contributed by atoms with Gasteiger partial charge in [0.2, 0.25) is 0 Å². The summed E-state index contributed by atoms with van der Waals surface area (Å²) >= 11 is 16.3. The first-order valence-corrected chi connectivity index (χ1v) is 4.40. The summed E-state index contributed by atoms with van der Waals surface area (Å²) in [6.07, 6.45) is 0. The van der Waals surface area contributed by atoms with Crippen molar-refractivity contribution < 1.29 is 9.72 Å². The highest BCUT2D eigenvalue weighted by Gasteiger charge is 2.20. The Morgan fingerprint density at radius 2 is 1.93 bits per heavy atom. The summed E-state index contributed by atoms with van der Waals surface area (Å²) in [4.78, 5) is 20.5. The Morgan fingerprint density at radius 1 is 1.36 bits per heavy atom. The van der Waals surface area contributed by atoms with Crippen molar-refractivity contribution in [2.24, 2.45) is 0 Å². The van der Waals surface area contributed by atoms with Crippen LogP contribution in [0.2, 0.25) is 10.0 Å². The quantitative estimate of drug-likeness (QED) is 0.462. The highest BCUT2D eigenvalue weighted by molar-refractivity contribution is 6.69. The second-order valence-electron chi connectivity index (χ2n) is 2.32. The van der Waals surface area contributed by atoms with Crippen LogP contribution < -0.4 is 0 Å². The molecule has 0 saturated carbocycles. The lowest BCUT2D eigenvalue weighted by Gasteiger charge is -2.00. The molecule has 0 radical (unpaired) electrons. The maximum atomic E-state index is 10.8. The van der Waals surface area contributed by atoms with Crippen molar-refractivity contribution in [2.75, 3.05) is 0 Å². The lowest BCUT2D eigenvalue weighted by atomic mass is 10.2. The van der Waals surface area contributed by atoms with Crippen molar-refractivity contribution in [1.82, 2.24) is 0 Å². The monoisotopic (exact) mass is 253 g/mol. The fourth-order valence-corrected chi connectivity index (χ4v) is 1.52. The number of hydrogen-bond donors (Lipinski definition) is 0. The smallest absolute Gasteiger partial charge is 0.276 e. The van der Waals surface area contributed by atoms with Crippen LogP contribution in [0.3, 0.4) is 0 Å². The maximum absolute atomic E-state index is 10.8. The molecule has 0 bridgehead atoms. The normalized spacial score (nSPS) is 9.93. The van der Waals surface area contributed by atoms with Gasteiger partial charge in [0.05, 0.1) is 10.5 Å². The van der Waals surface area contributed by atoms with Gasteiger partial charge in [-0.05, 0) is 17.7 Å². The third-order valence-electron chi connectivity index (χ3n) is 1.43. The molecule has 0 amide bonds. The molecule has 74 valence electrons. The molecule has 0 saturated heterocycles. The van der Waals surface area contributed by atoms with Crippen LogP contribution in [-0.4, -0.2) is 10.2 Å². The van der Waals surface area contributed by atoms with Gasteiger partial charge in [-0.1, -0.05) is 23.2 Å². The first-order chi connectivity index (χ1) is 6.43. The Balaban J connectivity index is 3.47. The minimum absolute atomic E-state index is 0.0325. The third kappa shape index (κ3) is 2.15. The van der Waals surface area contributed by atoms with Crippen LogP contribution in [0.1, 0.15) is 10.4 Å². The van der Waals surface area contributed by atoms with Gasteiger partial charge in [0.15, 0.2) is 0 Å². The van der Waals surface area contributed by atoms with E-state index in [0.29, 0.717) is 0 Å². The van der Waals surface area contributed by atoms with E-state index in [0.717, 1.165) is 6.07 Å². The number of carbonyl (C=O) groups is 1. The van der Waals surface area contributed by atoms with Gasteiger partial charge < -0.3 is 0 Å². The van der Waals surface area contributed by atoms with Gasteiger partial charge in [-0.3, -0.25) is 14.9 Å². The van der Waals surface area contributed by atoms with Crippen LogP contribution in [0.15, 0.2) is 12.1 Å². The molecule has 0 heterocycles. The Kier molecular flexibility index (Phi) is 3.31. The van der Waals surface area contributed by atoms with E-state index in [1.54, 1.807) is 0 Å². The Labute approximate surface area is 93.5 Å². The fourth-order valence-electron chi connectivity index (χ4n) is 0.851. The first kappa shape index (κ1) is 11.2. The summed E-state index contributed by atoms with van der Waals surface area (Å²) in [5, 5.41) is 9.29. The van der Waals surface area contributed by atoms with Gasteiger partial charge in [-0.25, -0.2) is 0 Å². The molecule has 0 spiro atoms. The summed E-state index contributed by atoms with van der Waals surface area (Å²) in [5.74, 6) is 0.